The first-order valence-electron chi connectivity index (χ1n) is 6.85. The van der Waals surface area contributed by atoms with Gasteiger partial charge in [-0.3, -0.25) is 0 Å². The first-order valence-corrected chi connectivity index (χ1v) is 6.85. The van der Waals surface area contributed by atoms with Gasteiger partial charge < -0.3 is 15.2 Å². The first kappa shape index (κ1) is 13.3. The Morgan fingerprint density at radius 1 is 0.952 bits per heavy atom. The van der Waals surface area contributed by atoms with E-state index in [1.54, 1.807) is 19.2 Å². The third-order valence-corrected chi connectivity index (χ3v) is 3.52. The Morgan fingerprint density at radius 2 is 1.76 bits per heavy atom. The van der Waals surface area contributed by atoms with Crippen molar-refractivity contribution in [3.63, 3.8) is 0 Å². The number of nitrogens with one attached hydrogen (secondary N) is 1. The van der Waals surface area contributed by atoms with E-state index in [1.165, 1.54) is 10.8 Å². The van der Waals surface area contributed by atoms with Crippen LogP contribution in [0.15, 0.2) is 60.7 Å². The second-order valence-corrected chi connectivity index (χ2v) is 4.91. The van der Waals surface area contributed by atoms with Crippen molar-refractivity contribution in [2.45, 2.75) is 6.54 Å². The summed E-state index contributed by atoms with van der Waals surface area (Å²) in [6, 6.07) is 19.7. The molecule has 3 aromatic carbocycles. The number of rotatable bonds is 4. The van der Waals surface area contributed by atoms with Gasteiger partial charge in [0, 0.05) is 17.8 Å². The van der Waals surface area contributed by atoms with E-state index >= 15 is 0 Å². The van der Waals surface area contributed by atoms with E-state index in [-0.39, 0.29) is 5.75 Å². The molecule has 0 unspecified atom stereocenters. The van der Waals surface area contributed by atoms with E-state index < -0.39 is 0 Å². The van der Waals surface area contributed by atoms with Gasteiger partial charge in [-0.1, -0.05) is 30.3 Å². The van der Waals surface area contributed by atoms with Crippen molar-refractivity contribution in [3.8, 4) is 11.5 Å². The number of fused-ring (bicyclic) bond motifs is 1. The summed E-state index contributed by atoms with van der Waals surface area (Å²) >= 11 is 0. The van der Waals surface area contributed by atoms with E-state index in [0.29, 0.717) is 6.54 Å². The standard InChI is InChI=1S/C18H17NO2/c1-21-17-8-9-18(20)15(11-17)12-19-16-7-6-13-4-2-3-5-14(13)10-16/h2-11,19-20H,12H2,1H3. The van der Waals surface area contributed by atoms with Crippen molar-refractivity contribution in [1.82, 2.24) is 0 Å². The fraction of sp³-hybridized carbons (Fsp3) is 0.111. The number of hydrogen-bond donors (Lipinski definition) is 2. The topological polar surface area (TPSA) is 41.5 Å². The van der Waals surface area contributed by atoms with E-state index in [1.807, 2.05) is 24.3 Å². The van der Waals surface area contributed by atoms with Crippen molar-refractivity contribution in [1.29, 1.82) is 0 Å². The zero-order chi connectivity index (χ0) is 14.7. The molecular formula is C18H17NO2. The average molecular weight is 279 g/mol. The highest BCUT2D eigenvalue weighted by Crippen LogP contribution is 2.25. The molecule has 0 saturated heterocycles. The van der Waals surface area contributed by atoms with Gasteiger partial charge >= 0.3 is 0 Å². The minimum Gasteiger partial charge on any atom is -0.508 e. The summed E-state index contributed by atoms with van der Waals surface area (Å²) in [6.45, 7) is 0.543. The summed E-state index contributed by atoms with van der Waals surface area (Å²) in [5.74, 6) is 1.01. The maximum Gasteiger partial charge on any atom is 0.120 e. The van der Waals surface area contributed by atoms with Gasteiger partial charge in [0.05, 0.1) is 7.11 Å². The lowest BCUT2D eigenvalue weighted by Gasteiger charge is -2.10. The highest BCUT2D eigenvalue weighted by molar-refractivity contribution is 5.85. The van der Waals surface area contributed by atoms with Gasteiger partial charge in [-0.2, -0.15) is 0 Å². The van der Waals surface area contributed by atoms with Gasteiger partial charge in [-0.05, 0) is 41.1 Å². The number of aromatic hydroxyl groups is 1. The lowest BCUT2D eigenvalue weighted by Crippen LogP contribution is -2.00. The fourth-order valence-corrected chi connectivity index (χ4v) is 2.33. The number of phenols is 1. The zero-order valence-corrected chi connectivity index (χ0v) is 11.8. The van der Waals surface area contributed by atoms with Crippen molar-refractivity contribution in [2.24, 2.45) is 0 Å². The van der Waals surface area contributed by atoms with Crippen LogP contribution in [0.25, 0.3) is 10.8 Å². The molecule has 0 aromatic heterocycles. The lowest BCUT2D eigenvalue weighted by molar-refractivity contribution is 0.411. The quantitative estimate of drug-likeness (QED) is 0.753. The van der Waals surface area contributed by atoms with E-state index in [9.17, 15) is 5.11 Å². The van der Waals surface area contributed by atoms with Crippen molar-refractivity contribution < 1.29 is 9.84 Å². The van der Waals surface area contributed by atoms with Crippen LogP contribution in [0.4, 0.5) is 5.69 Å². The van der Waals surface area contributed by atoms with Crippen LogP contribution in [-0.2, 0) is 6.54 Å². The molecule has 21 heavy (non-hydrogen) atoms. The van der Waals surface area contributed by atoms with E-state index in [0.717, 1.165) is 17.0 Å². The summed E-state index contributed by atoms with van der Waals surface area (Å²) in [5, 5.41) is 15.6. The Hall–Kier alpha value is -2.68. The predicted molar refractivity (Wildman–Crippen MR) is 85.9 cm³/mol. The number of benzene rings is 3. The van der Waals surface area contributed by atoms with E-state index in [2.05, 4.69) is 29.6 Å². The Labute approximate surface area is 123 Å². The molecule has 2 N–H and O–H groups in total. The van der Waals surface area contributed by atoms with E-state index in [4.69, 9.17) is 4.74 Å². The highest BCUT2D eigenvalue weighted by atomic mass is 16.5. The van der Waals surface area contributed by atoms with Crippen LogP contribution in [0.3, 0.4) is 0 Å². The molecule has 3 heteroatoms. The SMILES string of the molecule is COc1ccc(O)c(CNc2ccc3ccccc3c2)c1. The summed E-state index contributed by atoms with van der Waals surface area (Å²) in [6.07, 6.45) is 0. The number of hydrogen-bond acceptors (Lipinski definition) is 3. The van der Waals surface area contributed by atoms with Gasteiger partial charge in [0.25, 0.3) is 0 Å². The minimum atomic E-state index is 0.268. The van der Waals surface area contributed by atoms with Gasteiger partial charge in [0.2, 0.25) is 0 Å². The molecule has 0 spiro atoms. The molecule has 0 fully saturated rings. The van der Waals surface area contributed by atoms with Crippen LogP contribution < -0.4 is 10.1 Å². The van der Waals surface area contributed by atoms with Gasteiger partial charge in [-0.15, -0.1) is 0 Å². The molecule has 0 amide bonds. The Kier molecular flexibility index (Phi) is 3.65. The Morgan fingerprint density at radius 3 is 2.57 bits per heavy atom. The molecule has 3 rings (SSSR count). The van der Waals surface area contributed by atoms with Gasteiger partial charge in [0.1, 0.15) is 11.5 Å². The number of ether oxygens (including phenoxy) is 1. The normalized spacial score (nSPS) is 10.5. The first-order chi connectivity index (χ1) is 10.3. The fourth-order valence-electron chi connectivity index (χ4n) is 2.33. The molecule has 106 valence electrons. The molecule has 0 aliphatic rings. The molecular weight excluding hydrogens is 262 g/mol. The summed E-state index contributed by atoms with van der Waals surface area (Å²) in [4.78, 5) is 0. The summed E-state index contributed by atoms with van der Waals surface area (Å²) in [5.41, 5.74) is 1.83. The van der Waals surface area contributed by atoms with Crippen molar-refractivity contribution in [2.75, 3.05) is 12.4 Å². The van der Waals surface area contributed by atoms with Gasteiger partial charge in [0.15, 0.2) is 0 Å². The molecule has 0 aliphatic carbocycles. The number of anilines is 1. The van der Waals surface area contributed by atoms with Crippen LogP contribution >= 0.6 is 0 Å². The zero-order valence-electron chi connectivity index (χ0n) is 11.8. The Balaban J connectivity index is 1.80. The molecule has 0 bridgehead atoms. The molecule has 0 atom stereocenters. The third kappa shape index (κ3) is 2.92. The molecule has 3 nitrogen and oxygen atoms in total. The largest absolute Gasteiger partial charge is 0.508 e. The van der Waals surface area contributed by atoms with Crippen LogP contribution in [0.2, 0.25) is 0 Å². The molecule has 0 aliphatic heterocycles. The second kappa shape index (κ2) is 5.75. The third-order valence-electron chi connectivity index (χ3n) is 3.52. The smallest absolute Gasteiger partial charge is 0.120 e. The lowest BCUT2D eigenvalue weighted by atomic mass is 10.1. The van der Waals surface area contributed by atoms with Crippen LogP contribution in [-0.4, -0.2) is 12.2 Å². The molecule has 3 aromatic rings. The van der Waals surface area contributed by atoms with Crippen molar-refractivity contribution in [3.05, 3.63) is 66.2 Å². The maximum absolute atomic E-state index is 9.88. The molecule has 0 heterocycles. The minimum absolute atomic E-state index is 0.268. The number of methoxy groups -OCH3 is 1. The Bertz CT molecular complexity index is 768. The number of phenolic OH excluding ortho intramolecular Hbond substituents is 1. The van der Waals surface area contributed by atoms with Crippen LogP contribution in [0.1, 0.15) is 5.56 Å². The average Bonchev–Trinajstić information content (AvgIpc) is 2.54. The predicted octanol–water partition coefficient (Wildman–Crippen LogP) is 4.17. The molecule has 0 radical (unpaired) electrons. The summed E-state index contributed by atoms with van der Waals surface area (Å²) in [7, 11) is 1.62. The molecule has 0 saturated carbocycles. The van der Waals surface area contributed by atoms with Crippen LogP contribution in [0.5, 0.6) is 11.5 Å². The summed E-state index contributed by atoms with van der Waals surface area (Å²) < 4.78 is 5.18. The van der Waals surface area contributed by atoms with Crippen molar-refractivity contribution >= 4 is 16.5 Å². The van der Waals surface area contributed by atoms with Gasteiger partial charge in [-0.25, -0.2) is 0 Å². The van der Waals surface area contributed by atoms with Crippen LogP contribution in [0, 0.1) is 0 Å². The highest BCUT2D eigenvalue weighted by Gasteiger charge is 2.03. The maximum atomic E-state index is 9.88. The monoisotopic (exact) mass is 279 g/mol. The second-order valence-electron chi connectivity index (χ2n) is 4.91.